The van der Waals surface area contributed by atoms with Crippen LogP contribution in [0.2, 0.25) is 0 Å². The maximum absolute atomic E-state index is 11.6. The molecule has 0 bridgehead atoms. The summed E-state index contributed by atoms with van der Waals surface area (Å²) in [7, 11) is -3.17. The van der Waals surface area contributed by atoms with Crippen LogP contribution >= 0.6 is 8.25 Å². The quantitative estimate of drug-likeness (QED) is 0.242. The number of carbonyl (C=O) groups excluding carboxylic acids is 2. The first kappa shape index (κ1) is 27.4. The summed E-state index contributed by atoms with van der Waals surface area (Å²) in [5.74, 6) is 21.2. The molecular formula is C24H31O5P. The first-order valence-corrected chi connectivity index (χ1v) is 11.7. The smallest absolute Gasteiger partial charge is 0.385 e. The zero-order chi connectivity index (χ0) is 22.3. The van der Waals surface area contributed by atoms with Crippen LogP contribution in [0, 0.1) is 47.4 Å². The third-order valence-electron chi connectivity index (χ3n) is 3.55. The molecule has 0 radical (unpaired) electrons. The number of unbranched alkanes of at least 4 members (excludes halogenated alkanes) is 6. The van der Waals surface area contributed by atoms with E-state index in [9.17, 15) is 14.2 Å². The molecule has 0 aromatic heterocycles. The van der Waals surface area contributed by atoms with E-state index < -0.39 is 20.2 Å². The molecule has 0 aliphatic rings. The Morgan fingerprint density at radius 2 is 0.967 bits per heavy atom. The predicted octanol–water partition coefficient (Wildman–Crippen LogP) is 5.20. The number of carbonyl (C=O) groups is 2. The number of hydrogen-bond acceptors (Lipinski definition) is 5. The average molecular weight is 430 g/mol. The molecule has 5 nitrogen and oxygen atoms in total. The lowest BCUT2D eigenvalue weighted by Crippen LogP contribution is -2.03. The van der Waals surface area contributed by atoms with E-state index in [2.05, 4.69) is 70.3 Å². The minimum atomic E-state index is -3.17. The van der Waals surface area contributed by atoms with Crippen LogP contribution in [0.15, 0.2) is 0 Å². The van der Waals surface area contributed by atoms with E-state index in [1.54, 1.807) is 0 Å². The molecule has 0 rings (SSSR count). The Hall–Kier alpha value is -2.59. The van der Waals surface area contributed by atoms with Gasteiger partial charge in [-0.25, -0.2) is 4.57 Å². The van der Waals surface area contributed by atoms with Gasteiger partial charge in [0, 0.05) is 38.5 Å². The van der Waals surface area contributed by atoms with Crippen molar-refractivity contribution >= 4 is 20.2 Å². The Labute approximate surface area is 182 Å². The monoisotopic (exact) mass is 430 g/mol. The van der Waals surface area contributed by atoms with E-state index in [0.717, 1.165) is 38.5 Å². The van der Waals surface area contributed by atoms with Gasteiger partial charge in [-0.05, 0) is 49.4 Å². The fourth-order valence-corrected chi connectivity index (χ4v) is 2.53. The van der Waals surface area contributed by atoms with Crippen LogP contribution in [0.5, 0.6) is 0 Å². The SMILES string of the molecule is CCCCC#CC#CCCCC(=O)O[PH](=O)OC(=O)CCCC#CC#CCCCC. The van der Waals surface area contributed by atoms with Crippen molar-refractivity contribution in [2.24, 2.45) is 0 Å². The van der Waals surface area contributed by atoms with Gasteiger partial charge < -0.3 is 9.05 Å². The zero-order valence-electron chi connectivity index (χ0n) is 18.0. The molecule has 0 fully saturated rings. The van der Waals surface area contributed by atoms with Crippen LogP contribution in [0.25, 0.3) is 0 Å². The van der Waals surface area contributed by atoms with Gasteiger partial charge in [-0.15, -0.1) is 0 Å². The third-order valence-corrected chi connectivity index (χ3v) is 4.34. The van der Waals surface area contributed by atoms with Gasteiger partial charge in [0.25, 0.3) is 0 Å². The highest BCUT2D eigenvalue weighted by Gasteiger charge is 2.12. The summed E-state index contributed by atoms with van der Waals surface area (Å²) >= 11 is 0. The zero-order valence-corrected chi connectivity index (χ0v) is 19.0. The van der Waals surface area contributed by atoms with E-state index in [4.69, 9.17) is 0 Å². The summed E-state index contributed by atoms with van der Waals surface area (Å²) in [6, 6.07) is 0. The van der Waals surface area contributed by atoms with Crippen molar-refractivity contribution in [1.82, 2.24) is 0 Å². The molecule has 0 unspecified atom stereocenters. The molecular weight excluding hydrogens is 399 g/mol. The predicted molar refractivity (Wildman–Crippen MR) is 119 cm³/mol. The molecule has 30 heavy (non-hydrogen) atoms. The lowest BCUT2D eigenvalue weighted by molar-refractivity contribution is -0.137. The Morgan fingerprint density at radius 3 is 1.30 bits per heavy atom. The van der Waals surface area contributed by atoms with Gasteiger partial charge in [-0.3, -0.25) is 9.59 Å². The van der Waals surface area contributed by atoms with Gasteiger partial charge in [-0.2, -0.15) is 0 Å². The van der Waals surface area contributed by atoms with Crippen molar-refractivity contribution in [2.75, 3.05) is 0 Å². The summed E-state index contributed by atoms with van der Waals surface area (Å²) in [6.45, 7) is 4.20. The molecule has 0 saturated heterocycles. The minimum absolute atomic E-state index is 0.0563. The molecule has 0 spiro atoms. The molecule has 0 amide bonds. The molecule has 162 valence electrons. The Balaban J connectivity index is 3.85. The molecule has 0 saturated carbocycles. The van der Waals surface area contributed by atoms with Crippen LogP contribution < -0.4 is 0 Å². The van der Waals surface area contributed by atoms with E-state index in [1.807, 2.05) is 0 Å². The summed E-state index contributed by atoms with van der Waals surface area (Å²) < 4.78 is 20.8. The molecule has 0 atom stereocenters. The highest BCUT2D eigenvalue weighted by Crippen LogP contribution is 2.26. The van der Waals surface area contributed by atoms with Gasteiger partial charge in [-0.1, -0.05) is 50.4 Å². The Bertz CT molecular complexity index is 718. The van der Waals surface area contributed by atoms with Crippen LogP contribution in [-0.4, -0.2) is 11.9 Å². The molecule has 6 heteroatoms. The normalized spacial score (nSPS) is 8.90. The topological polar surface area (TPSA) is 69.7 Å². The molecule has 0 aromatic carbocycles. The van der Waals surface area contributed by atoms with Crippen molar-refractivity contribution in [3.8, 4) is 47.4 Å². The second-order valence-corrected chi connectivity index (χ2v) is 7.23. The molecule has 0 N–H and O–H groups in total. The largest absolute Gasteiger partial charge is 0.423 e. The fourth-order valence-electron chi connectivity index (χ4n) is 1.91. The minimum Gasteiger partial charge on any atom is -0.385 e. The van der Waals surface area contributed by atoms with Gasteiger partial charge in [0.2, 0.25) is 0 Å². The summed E-state index contributed by atoms with van der Waals surface area (Å²) in [6.07, 6.45) is 8.03. The van der Waals surface area contributed by atoms with Gasteiger partial charge in [0.05, 0.1) is 0 Å². The Kier molecular flexibility index (Phi) is 19.3. The maximum Gasteiger partial charge on any atom is 0.423 e. The second kappa shape index (κ2) is 21.1. The molecule has 0 aliphatic heterocycles. The van der Waals surface area contributed by atoms with E-state index in [0.29, 0.717) is 25.7 Å². The fraction of sp³-hybridized carbons (Fsp3) is 0.583. The highest BCUT2D eigenvalue weighted by atomic mass is 31.1. The van der Waals surface area contributed by atoms with Crippen LogP contribution in [0.4, 0.5) is 0 Å². The van der Waals surface area contributed by atoms with E-state index >= 15 is 0 Å². The summed E-state index contributed by atoms with van der Waals surface area (Å²) in [5.41, 5.74) is 0. The average Bonchev–Trinajstić information content (AvgIpc) is 2.71. The van der Waals surface area contributed by atoms with Crippen LogP contribution in [0.3, 0.4) is 0 Å². The maximum atomic E-state index is 11.6. The lowest BCUT2D eigenvalue weighted by Gasteiger charge is -2.04. The molecule has 0 heterocycles. The lowest BCUT2D eigenvalue weighted by atomic mass is 10.2. The van der Waals surface area contributed by atoms with Gasteiger partial charge >= 0.3 is 20.2 Å². The van der Waals surface area contributed by atoms with Crippen molar-refractivity contribution in [2.45, 2.75) is 90.9 Å². The molecule has 0 aromatic rings. The highest BCUT2D eigenvalue weighted by molar-refractivity contribution is 7.34. The van der Waals surface area contributed by atoms with Crippen molar-refractivity contribution in [3.05, 3.63) is 0 Å². The number of rotatable bonds is 12. The molecule has 0 aliphatic carbocycles. The summed E-state index contributed by atoms with van der Waals surface area (Å²) in [5, 5.41) is 0. The van der Waals surface area contributed by atoms with Gasteiger partial charge in [0.1, 0.15) is 0 Å². The van der Waals surface area contributed by atoms with Crippen LogP contribution in [-0.2, 0) is 23.2 Å². The Morgan fingerprint density at radius 1 is 0.633 bits per heavy atom. The first-order chi connectivity index (χ1) is 14.6. The van der Waals surface area contributed by atoms with E-state index in [-0.39, 0.29) is 12.8 Å². The standard InChI is InChI=1S/C24H31O5P/c1-3-5-7-9-11-13-15-17-19-21-23(25)28-30(27)29-24(26)22-20-18-16-14-12-10-8-6-4-2/h30H,3-8,17-22H2,1-2H3. The van der Waals surface area contributed by atoms with Crippen LogP contribution in [0.1, 0.15) is 90.9 Å². The van der Waals surface area contributed by atoms with Crippen molar-refractivity contribution < 1.29 is 23.2 Å². The van der Waals surface area contributed by atoms with Crippen molar-refractivity contribution in [1.29, 1.82) is 0 Å². The van der Waals surface area contributed by atoms with E-state index in [1.165, 1.54) is 0 Å². The van der Waals surface area contributed by atoms with Crippen molar-refractivity contribution in [3.63, 3.8) is 0 Å². The number of hydrogen-bond donors (Lipinski definition) is 0. The second-order valence-electron chi connectivity index (χ2n) is 6.32. The third kappa shape index (κ3) is 20.2. The first-order valence-electron chi connectivity index (χ1n) is 10.5. The summed E-state index contributed by atoms with van der Waals surface area (Å²) in [4.78, 5) is 23.1. The van der Waals surface area contributed by atoms with Gasteiger partial charge in [0.15, 0.2) is 0 Å².